The van der Waals surface area contributed by atoms with Crippen molar-refractivity contribution in [2.75, 3.05) is 26.9 Å². The van der Waals surface area contributed by atoms with Crippen molar-refractivity contribution in [3.8, 4) is 11.5 Å². The summed E-state index contributed by atoms with van der Waals surface area (Å²) in [5.41, 5.74) is 4.09. The number of ether oxygens (including phenoxy) is 2. The van der Waals surface area contributed by atoms with E-state index in [0.717, 1.165) is 81.9 Å². The predicted molar refractivity (Wildman–Crippen MR) is 168 cm³/mol. The third-order valence-electron chi connectivity index (χ3n) is 8.46. The van der Waals surface area contributed by atoms with Gasteiger partial charge in [0.25, 0.3) is 0 Å². The van der Waals surface area contributed by atoms with Crippen LogP contribution in [0.1, 0.15) is 126 Å². The number of aliphatic hydroxyl groups excluding tert-OH is 1. The van der Waals surface area contributed by atoms with Crippen molar-refractivity contribution in [1.29, 1.82) is 0 Å². The van der Waals surface area contributed by atoms with E-state index in [0.29, 0.717) is 18.7 Å². The Morgan fingerprint density at radius 2 is 1.47 bits per heavy atom. The zero-order chi connectivity index (χ0) is 30.0. The zero-order valence-corrected chi connectivity index (χ0v) is 28.2. The van der Waals surface area contributed by atoms with E-state index in [9.17, 15) is 8.78 Å². The van der Waals surface area contributed by atoms with Gasteiger partial charge < -0.3 is 31.6 Å². The molecule has 0 aromatic heterocycles. The highest BCUT2D eigenvalue weighted by molar-refractivity contribution is 5.99. The average molecular weight is 667 g/mol. The molecule has 0 fully saturated rings. The molecule has 43 heavy (non-hydrogen) atoms. The molecule has 1 aliphatic heterocycles. The fourth-order valence-electron chi connectivity index (χ4n) is 6.02. The maximum absolute atomic E-state index is 14.7. The van der Waals surface area contributed by atoms with E-state index < -0.39 is 11.6 Å². The van der Waals surface area contributed by atoms with Gasteiger partial charge in [0.1, 0.15) is 18.2 Å². The molecule has 0 saturated carbocycles. The van der Waals surface area contributed by atoms with Crippen LogP contribution in [0.5, 0.6) is 11.5 Å². The summed E-state index contributed by atoms with van der Waals surface area (Å²) >= 11 is 0. The van der Waals surface area contributed by atoms with Crippen LogP contribution in [0.15, 0.2) is 30.3 Å². The first-order chi connectivity index (χ1) is 20.6. The first-order valence-electron chi connectivity index (χ1n) is 16.6. The lowest BCUT2D eigenvalue weighted by Gasteiger charge is -2.23. The van der Waals surface area contributed by atoms with E-state index in [-0.39, 0.29) is 23.6 Å². The van der Waals surface area contributed by atoms with Crippen molar-refractivity contribution in [2.45, 2.75) is 123 Å². The van der Waals surface area contributed by atoms with E-state index >= 15 is 0 Å². The first kappa shape index (κ1) is 37.2. The van der Waals surface area contributed by atoms with Crippen molar-refractivity contribution in [3.63, 3.8) is 0 Å². The van der Waals surface area contributed by atoms with Crippen LogP contribution >= 0.6 is 0 Å². The Balaban J connectivity index is 0.00000645. The van der Waals surface area contributed by atoms with Gasteiger partial charge in [-0.05, 0) is 43.5 Å². The molecule has 0 atom stereocenters. The van der Waals surface area contributed by atoms with Crippen LogP contribution in [-0.2, 0) is 13.0 Å². The maximum atomic E-state index is 14.7. The van der Waals surface area contributed by atoms with Gasteiger partial charge in [-0.15, -0.1) is 0 Å². The number of methoxy groups -OCH3 is 1. The Kier molecular flexibility index (Phi) is 18.7. The molecule has 7 heteroatoms. The van der Waals surface area contributed by atoms with Crippen molar-refractivity contribution >= 4 is 5.71 Å². The highest BCUT2D eigenvalue weighted by Crippen LogP contribution is 2.37. The minimum absolute atomic E-state index is 0. The number of hydrogen-bond donors (Lipinski definition) is 1. The monoisotopic (exact) mass is 665 g/mol. The minimum Gasteiger partial charge on any atom is -1.00 e. The molecule has 0 bridgehead atoms. The number of unbranched alkanes of at least 4 members (excludes halogenated alkanes) is 13. The van der Waals surface area contributed by atoms with E-state index in [2.05, 4.69) is 17.6 Å². The number of fused-ring (bicyclic) bond motifs is 1. The molecule has 0 unspecified atom stereocenters. The molecule has 0 aliphatic carbocycles. The minimum atomic E-state index is -0.543. The van der Waals surface area contributed by atoms with Crippen LogP contribution < -0.4 is 26.5 Å². The normalized spacial score (nSPS) is 12.7. The predicted octanol–water partition coefficient (Wildman–Crippen LogP) is 6.17. The molecule has 3 rings (SSSR count). The summed E-state index contributed by atoms with van der Waals surface area (Å²) in [5.74, 6) is 0.570. The Morgan fingerprint density at radius 1 is 0.814 bits per heavy atom. The summed E-state index contributed by atoms with van der Waals surface area (Å²) in [5, 5.41) is 8.96. The van der Waals surface area contributed by atoms with Gasteiger partial charge in [-0.2, -0.15) is 0 Å². The quantitative estimate of drug-likeness (QED) is 0.121. The maximum Gasteiger partial charge on any atom is 0.184 e. The Bertz CT molecular complexity index is 1110. The van der Waals surface area contributed by atoms with Gasteiger partial charge in [0.15, 0.2) is 23.8 Å². The number of benzene rings is 2. The summed E-state index contributed by atoms with van der Waals surface area (Å²) in [4.78, 5) is 0. The second-order valence-corrected chi connectivity index (χ2v) is 11.7. The molecule has 0 spiro atoms. The standard InChI is InChI=1S/C36H54F2NO3.BrH/c1-3-4-5-6-7-8-9-12-15-18-34-31-21-22-35(41-2)36(42-26-17-14-11-10-13-16-25-40)32(31)23-24-39(34)28-29-19-20-30(37)27-33(29)38;/h19-22,27,40H,3-18,23-26,28H2,1-2H3;1H/q+1;/p-1. The average Bonchev–Trinajstić information content (AvgIpc) is 2.99. The lowest BCUT2D eigenvalue weighted by atomic mass is 9.91. The molecule has 2 aromatic carbocycles. The number of nitrogens with zero attached hydrogens (tertiary/aromatic N) is 1. The smallest absolute Gasteiger partial charge is 0.184 e. The molecule has 0 amide bonds. The molecule has 1 N–H and O–H groups in total. The molecule has 0 radical (unpaired) electrons. The van der Waals surface area contributed by atoms with Crippen LogP contribution in [0.4, 0.5) is 8.78 Å². The van der Waals surface area contributed by atoms with E-state index in [1.54, 1.807) is 13.2 Å². The lowest BCUT2D eigenvalue weighted by Crippen LogP contribution is -3.00. The summed E-state index contributed by atoms with van der Waals surface area (Å²) in [6.07, 6.45) is 19.5. The fraction of sp³-hybridized carbons (Fsp3) is 0.639. The number of halogens is 3. The van der Waals surface area contributed by atoms with E-state index in [1.165, 1.54) is 74.3 Å². The number of aliphatic hydroxyl groups is 1. The lowest BCUT2D eigenvalue weighted by molar-refractivity contribution is -0.546. The Morgan fingerprint density at radius 3 is 2.12 bits per heavy atom. The molecule has 4 nitrogen and oxygen atoms in total. The Hall–Kier alpha value is -1.99. The summed E-state index contributed by atoms with van der Waals surface area (Å²) in [6, 6.07) is 8.04. The third kappa shape index (κ3) is 12.5. The molecular formula is C36H54BrF2NO3. The summed E-state index contributed by atoms with van der Waals surface area (Å²) < 4.78 is 42.6. The van der Waals surface area contributed by atoms with Crippen molar-refractivity contribution in [1.82, 2.24) is 0 Å². The fourth-order valence-corrected chi connectivity index (χ4v) is 6.02. The van der Waals surface area contributed by atoms with Gasteiger partial charge in [-0.25, -0.2) is 13.4 Å². The highest BCUT2D eigenvalue weighted by atomic mass is 79.9. The number of rotatable bonds is 22. The SMILES string of the molecule is CCCCCCCCCCCC1=[N+](Cc2ccc(F)cc2F)CCc2c1ccc(OC)c2OCCCCCCCCO.[Br-]. The van der Waals surface area contributed by atoms with Crippen LogP contribution in [0.3, 0.4) is 0 Å². The van der Waals surface area contributed by atoms with Crippen LogP contribution in [-0.4, -0.2) is 42.3 Å². The van der Waals surface area contributed by atoms with Gasteiger partial charge in [-0.1, -0.05) is 84.0 Å². The van der Waals surface area contributed by atoms with Crippen LogP contribution in [0.2, 0.25) is 0 Å². The second kappa shape index (κ2) is 21.7. The largest absolute Gasteiger partial charge is 1.00 e. The van der Waals surface area contributed by atoms with Crippen LogP contribution in [0, 0.1) is 11.6 Å². The molecule has 1 heterocycles. The Labute approximate surface area is 269 Å². The zero-order valence-electron chi connectivity index (χ0n) is 26.6. The first-order valence-corrected chi connectivity index (χ1v) is 16.6. The van der Waals surface area contributed by atoms with Gasteiger partial charge in [0.05, 0.1) is 19.3 Å². The van der Waals surface area contributed by atoms with Crippen molar-refractivity contribution in [2.24, 2.45) is 0 Å². The number of hydrogen-bond acceptors (Lipinski definition) is 3. The van der Waals surface area contributed by atoms with E-state index in [1.807, 2.05) is 6.07 Å². The summed E-state index contributed by atoms with van der Waals surface area (Å²) in [7, 11) is 1.69. The molecule has 0 saturated heterocycles. The van der Waals surface area contributed by atoms with Gasteiger partial charge >= 0.3 is 0 Å². The van der Waals surface area contributed by atoms with Crippen LogP contribution in [0.25, 0.3) is 0 Å². The molecule has 2 aromatic rings. The van der Waals surface area contributed by atoms with Gasteiger partial charge in [0, 0.05) is 36.6 Å². The van der Waals surface area contributed by atoms with E-state index in [4.69, 9.17) is 14.6 Å². The molecule has 1 aliphatic rings. The third-order valence-corrected chi connectivity index (χ3v) is 8.46. The van der Waals surface area contributed by atoms with Gasteiger partial charge in [0.2, 0.25) is 0 Å². The molecule has 242 valence electrons. The van der Waals surface area contributed by atoms with Crippen molar-refractivity contribution < 1.29 is 44.9 Å². The van der Waals surface area contributed by atoms with Gasteiger partial charge in [-0.3, -0.25) is 0 Å². The molecular weight excluding hydrogens is 612 g/mol. The highest BCUT2D eigenvalue weighted by Gasteiger charge is 2.30. The topological polar surface area (TPSA) is 41.7 Å². The second-order valence-electron chi connectivity index (χ2n) is 11.7. The summed E-state index contributed by atoms with van der Waals surface area (Å²) in [6.45, 7) is 4.35. The van der Waals surface area contributed by atoms with Crippen molar-refractivity contribution in [3.05, 3.63) is 58.7 Å².